The Hall–Kier alpha value is -2.63. The summed E-state index contributed by atoms with van der Waals surface area (Å²) < 4.78 is 16.8. The van der Waals surface area contributed by atoms with E-state index in [1.54, 1.807) is 0 Å². The van der Waals surface area contributed by atoms with Crippen molar-refractivity contribution in [2.45, 2.75) is 290 Å². The van der Waals surface area contributed by atoms with Crippen LogP contribution in [0.25, 0.3) is 0 Å². The van der Waals surface area contributed by atoms with Gasteiger partial charge in [0.15, 0.2) is 6.10 Å². The quantitative estimate of drug-likeness (QED) is 0.0262. The van der Waals surface area contributed by atoms with Gasteiger partial charge < -0.3 is 14.2 Å². The first-order valence-electron chi connectivity index (χ1n) is 27.6. The lowest BCUT2D eigenvalue weighted by Crippen LogP contribution is -2.30. The second-order valence-corrected chi connectivity index (χ2v) is 18.5. The number of rotatable bonds is 50. The molecular weight excluding hydrogens is 793 g/mol. The molecule has 0 rings (SSSR count). The molecule has 1 atom stereocenters. The Labute approximate surface area is 397 Å². The Morgan fingerprint density at radius 1 is 0.328 bits per heavy atom. The molecule has 0 radical (unpaired) electrons. The Kier molecular flexibility index (Phi) is 50.8. The number of unbranched alkanes of at least 4 members (excludes halogenated alkanes) is 31. The van der Waals surface area contributed by atoms with Gasteiger partial charge in [0.1, 0.15) is 13.2 Å². The maximum Gasteiger partial charge on any atom is 0.306 e. The predicted molar refractivity (Wildman–Crippen MR) is 275 cm³/mol. The van der Waals surface area contributed by atoms with Gasteiger partial charge in [-0.15, -0.1) is 0 Å². The zero-order valence-corrected chi connectivity index (χ0v) is 42.6. The van der Waals surface area contributed by atoms with Crippen molar-refractivity contribution in [3.05, 3.63) is 48.6 Å². The number of ether oxygens (including phenoxy) is 3. The molecule has 372 valence electrons. The van der Waals surface area contributed by atoms with Crippen molar-refractivity contribution in [1.82, 2.24) is 0 Å². The molecule has 0 aliphatic carbocycles. The van der Waals surface area contributed by atoms with Gasteiger partial charge in [0, 0.05) is 19.3 Å². The van der Waals surface area contributed by atoms with E-state index in [-0.39, 0.29) is 31.1 Å². The molecule has 0 amide bonds. The maximum absolute atomic E-state index is 12.8. The Morgan fingerprint density at radius 3 is 0.953 bits per heavy atom. The van der Waals surface area contributed by atoms with E-state index in [4.69, 9.17) is 14.2 Å². The van der Waals surface area contributed by atoms with Crippen molar-refractivity contribution < 1.29 is 28.6 Å². The third kappa shape index (κ3) is 50.4. The van der Waals surface area contributed by atoms with E-state index in [9.17, 15) is 14.4 Å². The molecule has 6 heteroatoms. The molecule has 64 heavy (non-hydrogen) atoms. The van der Waals surface area contributed by atoms with E-state index < -0.39 is 6.10 Å². The third-order valence-electron chi connectivity index (χ3n) is 12.1. The van der Waals surface area contributed by atoms with Crippen LogP contribution in [-0.2, 0) is 28.6 Å². The highest BCUT2D eigenvalue weighted by atomic mass is 16.6. The monoisotopic (exact) mass is 897 g/mol. The van der Waals surface area contributed by atoms with Crippen LogP contribution < -0.4 is 0 Å². The molecule has 0 heterocycles. The Morgan fingerprint density at radius 2 is 0.609 bits per heavy atom. The normalized spacial score (nSPS) is 12.4. The fourth-order valence-electron chi connectivity index (χ4n) is 7.96. The summed E-state index contributed by atoms with van der Waals surface area (Å²) in [7, 11) is 0. The van der Waals surface area contributed by atoms with Crippen molar-refractivity contribution in [2.24, 2.45) is 0 Å². The predicted octanol–water partition coefficient (Wildman–Crippen LogP) is 18.3. The number of hydrogen-bond donors (Lipinski definition) is 0. The van der Waals surface area contributed by atoms with Crippen LogP contribution >= 0.6 is 0 Å². The van der Waals surface area contributed by atoms with E-state index >= 15 is 0 Å². The molecule has 0 aromatic rings. The summed E-state index contributed by atoms with van der Waals surface area (Å²) in [6, 6.07) is 0. The van der Waals surface area contributed by atoms with Crippen LogP contribution in [0, 0.1) is 0 Å². The minimum absolute atomic E-state index is 0.0713. The molecule has 0 aromatic heterocycles. The van der Waals surface area contributed by atoms with Gasteiger partial charge in [0.05, 0.1) is 0 Å². The van der Waals surface area contributed by atoms with Gasteiger partial charge in [-0.25, -0.2) is 0 Å². The summed E-state index contributed by atoms with van der Waals surface area (Å²) in [5.41, 5.74) is 0. The number of carbonyl (C=O) groups excluding carboxylic acids is 3. The van der Waals surface area contributed by atoms with Crippen LogP contribution in [0.5, 0.6) is 0 Å². The van der Waals surface area contributed by atoms with Gasteiger partial charge in [-0.3, -0.25) is 14.4 Å². The summed E-state index contributed by atoms with van der Waals surface area (Å²) in [6.07, 6.45) is 63.8. The zero-order valence-electron chi connectivity index (χ0n) is 42.6. The highest BCUT2D eigenvalue weighted by Gasteiger charge is 2.19. The second-order valence-electron chi connectivity index (χ2n) is 18.5. The first-order valence-corrected chi connectivity index (χ1v) is 27.6. The van der Waals surface area contributed by atoms with Crippen molar-refractivity contribution in [2.75, 3.05) is 13.2 Å². The molecule has 0 saturated heterocycles. The molecular formula is C58H104O6. The SMILES string of the molecule is CC/C=C\C/C=C\C/C=C\C/C=C\CCCCCCCCCCC(=O)OCC(COC(=O)CCCCCCCCCCCCCC)OC(=O)CCCCCCCCCCCCCCC. The van der Waals surface area contributed by atoms with Gasteiger partial charge in [-0.2, -0.15) is 0 Å². The van der Waals surface area contributed by atoms with Gasteiger partial charge >= 0.3 is 17.9 Å². The lowest BCUT2D eigenvalue weighted by Gasteiger charge is -2.18. The molecule has 0 saturated carbocycles. The smallest absolute Gasteiger partial charge is 0.306 e. The van der Waals surface area contributed by atoms with Crippen LogP contribution in [0.3, 0.4) is 0 Å². The fraction of sp³-hybridized carbons (Fsp3) is 0.810. The summed E-state index contributed by atoms with van der Waals surface area (Å²) in [5.74, 6) is -0.867. The second kappa shape index (κ2) is 53.0. The molecule has 1 unspecified atom stereocenters. The summed E-state index contributed by atoms with van der Waals surface area (Å²) in [4.78, 5) is 38.0. The van der Waals surface area contributed by atoms with Crippen LogP contribution in [-0.4, -0.2) is 37.2 Å². The minimum atomic E-state index is -0.771. The average molecular weight is 897 g/mol. The number of allylic oxidation sites excluding steroid dienone is 8. The number of esters is 3. The van der Waals surface area contributed by atoms with Crippen molar-refractivity contribution >= 4 is 17.9 Å². The molecule has 0 spiro atoms. The lowest BCUT2D eigenvalue weighted by molar-refractivity contribution is -0.167. The molecule has 0 aliphatic rings. The highest BCUT2D eigenvalue weighted by molar-refractivity contribution is 5.71. The van der Waals surface area contributed by atoms with Crippen molar-refractivity contribution in [3.8, 4) is 0 Å². The van der Waals surface area contributed by atoms with Crippen molar-refractivity contribution in [1.29, 1.82) is 0 Å². The summed E-state index contributed by atoms with van der Waals surface area (Å²) in [5, 5.41) is 0. The maximum atomic E-state index is 12.8. The van der Waals surface area contributed by atoms with Crippen LogP contribution in [0.1, 0.15) is 284 Å². The van der Waals surface area contributed by atoms with Gasteiger partial charge in [-0.05, 0) is 57.8 Å². The standard InChI is InChI=1S/C58H104O6/c1-4-7-10-13-16-19-22-25-26-27-28-29-30-31-32-34-36-39-42-45-48-51-57(60)63-54-55(53-62-56(59)50-47-44-41-38-35-24-21-18-15-12-9-6-3)64-58(61)52-49-46-43-40-37-33-23-20-17-14-11-8-5-2/h7,10,16,19,25-26,28-29,55H,4-6,8-9,11-15,17-18,20-24,27,30-54H2,1-3H3/b10-7-,19-16-,26-25-,29-28-. The highest BCUT2D eigenvalue weighted by Crippen LogP contribution is 2.16. The topological polar surface area (TPSA) is 78.9 Å². The van der Waals surface area contributed by atoms with E-state index in [1.807, 2.05) is 0 Å². The summed E-state index contributed by atoms with van der Waals surface area (Å²) >= 11 is 0. The molecule has 0 aliphatic heterocycles. The van der Waals surface area contributed by atoms with Gasteiger partial charge in [0.2, 0.25) is 0 Å². The Balaban J connectivity index is 4.30. The largest absolute Gasteiger partial charge is 0.462 e. The number of carbonyl (C=O) groups is 3. The van der Waals surface area contributed by atoms with E-state index in [0.717, 1.165) is 89.9 Å². The first-order chi connectivity index (χ1) is 31.5. The van der Waals surface area contributed by atoms with Gasteiger partial charge in [0.25, 0.3) is 0 Å². The van der Waals surface area contributed by atoms with E-state index in [0.29, 0.717) is 19.3 Å². The van der Waals surface area contributed by atoms with Crippen LogP contribution in [0.15, 0.2) is 48.6 Å². The lowest BCUT2D eigenvalue weighted by atomic mass is 10.0. The first kappa shape index (κ1) is 61.4. The van der Waals surface area contributed by atoms with Gasteiger partial charge in [-0.1, -0.05) is 256 Å². The van der Waals surface area contributed by atoms with Crippen LogP contribution in [0.2, 0.25) is 0 Å². The molecule has 0 N–H and O–H groups in total. The summed E-state index contributed by atoms with van der Waals surface area (Å²) in [6.45, 7) is 6.54. The van der Waals surface area contributed by atoms with Crippen molar-refractivity contribution in [3.63, 3.8) is 0 Å². The minimum Gasteiger partial charge on any atom is -0.462 e. The fourth-order valence-corrected chi connectivity index (χ4v) is 7.96. The Bertz CT molecular complexity index is 1120. The number of hydrogen-bond acceptors (Lipinski definition) is 6. The molecule has 6 nitrogen and oxygen atoms in total. The van der Waals surface area contributed by atoms with E-state index in [1.165, 1.54) is 154 Å². The third-order valence-corrected chi connectivity index (χ3v) is 12.1. The molecule has 0 fully saturated rings. The van der Waals surface area contributed by atoms with Crippen LogP contribution in [0.4, 0.5) is 0 Å². The molecule has 0 bridgehead atoms. The molecule has 0 aromatic carbocycles. The van der Waals surface area contributed by atoms with E-state index in [2.05, 4.69) is 69.4 Å². The zero-order chi connectivity index (χ0) is 46.5. The average Bonchev–Trinajstić information content (AvgIpc) is 3.29.